The topological polar surface area (TPSA) is 70.2 Å². The van der Waals surface area contributed by atoms with E-state index in [1.54, 1.807) is 6.92 Å². The van der Waals surface area contributed by atoms with Gasteiger partial charge < -0.3 is 13.8 Å². The fourth-order valence-electron chi connectivity index (χ4n) is 5.60. The largest absolute Gasteiger partial charge is 0.457 e. The minimum absolute atomic E-state index is 0.270. The standard InChI is InChI=1S/C28H28FN3O3/c1-16-25(17(2)35-31-16)20-11-24-26(30-12-20)23(19-4-5-22-21(10-19)15-34-27(22)33)14-32(24)13-18-6-8-28(3,29)9-7-18/h4-5,10-12,14,18H,6-9,13,15H2,1-3H3. The van der Waals surface area contributed by atoms with Crippen LogP contribution in [0.4, 0.5) is 4.39 Å². The van der Waals surface area contributed by atoms with Crippen molar-refractivity contribution in [1.82, 2.24) is 14.7 Å². The van der Waals surface area contributed by atoms with E-state index in [2.05, 4.69) is 22.0 Å². The highest BCUT2D eigenvalue weighted by Gasteiger charge is 2.31. The Morgan fingerprint density at radius 3 is 2.69 bits per heavy atom. The predicted octanol–water partition coefficient (Wildman–Crippen LogP) is 6.56. The minimum atomic E-state index is -1.05. The van der Waals surface area contributed by atoms with Crippen molar-refractivity contribution in [2.75, 3.05) is 0 Å². The van der Waals surface area contributed by atoms with Crippen molar-refractivity contribution in [3.05, 3.63) is 59.2 Å². The smallest absolute Gasteiger partial charge is 0.338 e. The Bertz CT molecular complexity index is 1440. The van der Waals surface area contributed by atoms with E-state index in [-0.39, 0.29) is 5.97 Å². The fourth-order valence-corrected chi connectivity index (χ4v) is 5.60. The lowest BCUT2D eigenvalue weighted by Gasteiger charge is -2.31. The third-order valence-corrected chi connectivity index (χ3v) is 7.64. The number of carbonyl (C=O) groups excluding carboxylic acids is 1. The molecule has 0 radical (unpaired) electrons. The van der Waals surface area contributed by atoms with Gasteiger partial charge in [0.15, 0.2) is 0 Å². The molecule has 4 heterocycles. The van der Waals surface area contributed by atoms with Crippen LogP contribution in [0.1, 0.15) is 60.0 Å². The van der Waals surface area contributed by atoms with Crippen LogP contribution in [0.3, 0.4) is 0 Å². The van der Waals surface area contributed by atoms with Crippen molar-refractivity contribution in [1.29, 1.82) is 0 Å². The molecule has 3 aromatic heterocycles. The molecule has 0 spiro atoms. The number of carbonyl (C=O) groups is 1. The van der Waals surface area contributed by atoms with Crippen LogP contribution in [0, 0.1) is 19.8 Å². The number of alkyl halides is 1. The summed E-state index contributed by atoms with van der Waals surface area (Å²) in [6.07, 6.45) is 6.97. The first-order valence-corrected chi connectivity index (χ1v) is 12.2. The van der Waals surface area contributed by atoms with E-state index in [1.807, 2.05) is 38.2 Å². The number of fused-ring (bicyclic) bond motifs is 2. The summed E-state index contributed by atoms with van der Waals surface area (Å²) in [5, 5.41) is 4.11. The van der Waals surface area contributed by atoms with E-state index in [0.717, 1.165) is 69.7 Å². The Kier molecular flexibility index (Phi) is 5.06. The summed E-state index contributed by atoms with van der Waals surface area (Å²) < 4.78 is 27.3. The summed E-state index contributed by atoms with van der Waals surface area (Å²) in [5.74, 6) is 0.907. The van der Waals surface area contributed by atoms with Gasteiger partial charge in [0.05, 0.1) is 22.3 Å². The van der Waals surface area contributed by atoms with Crippen LogP contribution >= 0.6 is 0 Å². The van der Waals surface area contributed by atoms with Gasteiger partial charge in [-0.3, -0.25) is 4.98 Å². The number of pyridine rings is 1. The lowest BCUT2D eigenvalue weighted by molar-refractivity contribution is 0.0535. The van der Waals surface area contributed by atoms with E-state index in [4.69, 9.17) is 14.2 Å². The first-order valence-electron chi connectivity index (χ1n) is 12.2. The van der Waals surface area contributed by atoms with E-state index in [1.165, 1.54) is 0 Å². The van der Waals surface area contributed by atoms with Gasteiger partial charge in [0, 0.05) is 41.2 Å². The molecule has 2 aliphatic rings. The average Bonchev–Trinajstić information content (AvgIpc) is 3.50. The van der Waals surface area contributed by atoms with Crippen LogP contribution in [-0.4, -0.2) is 26.3 Å². The number of halogens is 1. The summed E-state index contributed by atoms with van der Waals surface area (Å²) in [6.45, 7) is 6.67. The quantitative estimate of drug-likeness (QED) is 0.314. The highest BCUT2D eigenvalue weighted by Crippen LogP contribution is 2.39. The monoisotopic (exact) mass is 473 g/mol. The summed E-state index contributed by atoms with van der Waals surface area (Å²) in [4.78, 5) is 16.8. The average molecular weight is 474 g/mol. The number of benzene rings is 1. The second-order valence-corrected chi connectivity index (χ2v) is 10.3. The normalized spacial score (nSPS) is 21.9. The third-order valence-electron chi connectivity index (χ3n) is 7.64. The Morgan fingerprint density at radius 1 is 1.14 bits per heavy atom. The molecule has 0 bridgehead atoms. The Morgan fingerprint density at radius 2 is 1.94 bits per heavy atom. The second kappa shape index (κ2) is 8.04. The van der Waals surface area contributed by atoms with E-state index in [9.17, 15) is 9.18 Å². The number of esters is 1. The maximum absolute atomic E-state index is 14.4. The van der Waals surface area contributed by atoms with Crippen molar-refractivity contribution in [2.24, 2.45) is 5.92 Å². The number of aromatic nitrogens is 3. The van der Waals surface area contributed by atoms with Gasteiger partial charge in [-0.1, -0.05) is 11.2 Å². The van der Waals surface area contributed by atoms with Gasteiger partial charge in [0.2, 0.25) is 0 Å². The molecule has 1 aliphatic carbocycles. The summed E-state index contributed by atoms with van der Waals surface area (Å²) >= 11 is 0. The highest BCUT2D eigenvalue weighted by molar-refractivity contribution is 5.97. The van der Waals surface area contributed by atoms with Crippen LogP contribution in [0.5, 0.6) is 0 Å². The van der Waals surface area contributed by atoms with Gasteiger partial charge in [-0.2, -0.15) is 0 Å². The van der Waals surface area contributed by atoms with Crippen molar-refractivity contribution in [3.63, 3.8) is 0 Å². The van der Waals surface area contributed by atoms with Crippen molar-refractivity contribution in [3.8, 4) is 22.3 Å². The van der Waals surface area contributed by atoms with Gasteiger partial charge >= 0.3 is 5.97 Å². The van der Waals surface area contributed by atoms with Gasteiger partial charge in [0.1, 0.15) is 18.0 Å². The first kappa shape index (κ1) is 22.0. The van der Waals surface area contributed by atoms with E-state index >= 15 is 0 Å². The zero-order chi connectivity index (χ0) is 24.3. The number of aryl methyl sites for hydroxylation is 2. The maximum atomic E-state index is 14.4. The van der Waals surface area contributed by atoms with E-state index < -0.39 is 5.67 Å². The van der Waals surface area contributed by atoms with Crippen LogP contribution in [-0.2, 0) is 17.9 Å². The summed E-state index contributed by atoms with van der Waals surface area (Å²) in [7, 11) is 0. The molecule has 0 atom stereocenters. The van der Waals surface area contributed by atoms with Crippen LogP contribution < -0.4 is 0 Å². The van der Waals surface area contributed by atoms with Crippen molar-refractivity contribution < 1.29 is 18.4 Å². The molecule has 180 valence electrons. The lowest BCUT2D eigenvalue weighted by atomic mass is 9.81. The Hall–Kier alpha value is -3.48. The molecule has 0 amide bonds. The molecule has 35 heavy (non-hydrogen) atoms. The molecular formula is C28H28FN3O3. The number of nitrogens with zero attached hydrogens (tertiary/aromatic N) is 3. The first-order chi connectivity index (χ1) is 16.8. The zero-order valence-electron chi connectivity index (χ0n) is 20.2. The van der Waals surface area contributed by atoms with Gasteiger partial charge in [0.25, 0.3) is 0 Å². The van der Waals surface area contributed by atoms with Crippen LogP contribution in [0.25, 0.3) is 33.3 Å². The Balaban J connectivity index is 1.45. The second-order valence-electron chi connectivity index (χ2n) is 10.3. The molecule has 7 heteroatoms. The van der Waals surface area contributed by atoms with Gasteiger partial charge in [-0.25, -0.2) is 9.18 Å². The zero-order valence-corrected chi connectivity index (χ0v) is 20.2. The van der Waals surface area contributed by atoms with Crippen LogP contribution in [0.2, 0.25) is 0 Å². The highest BCUT2D eigenvalue weighted by atomic mass is 19.1. The Labute approximate surface area is 203 Å². The molecule has 4 aromatic rings. The van der Waals surface area contributed by atoms with Gasteiger partial charge in [-0.15, -0.1) is 0 Å². The maximum Gasteiger partial charge on any atom is 0.338 e. The molecular weight excluding hydrogens is 445 g/mol. The predicted molar refractivity (Wildman–Crippen MR) is 131 cm³/mol. The van der Waals surface area contributed by atoms with Crippen molar-refractivity contribution in [2.45, 2.75) is 65.3 Å². The molecule has 6 rings (SSSR count). The minimum Gasteiger partial charge on any atom is -0.457 e. The fraction of sp³-hybridized carbons (Fsp3) is 0.393. The number of hydrogen-bond acceptors (Lipinski definition) is 5. The number of cyclic esters (lactones) is 1. The molecule has 6 nitrogen and oxygen atoms in total. The molecule has 1 aromatic carbocycles. The molecule has 0 N–H and O–H groups in total. The number of hydrogen-bond donors (Lipinski definition) is 0. The summed E-state index contributed by atoms with van der Waals surface area (Å²) in [6, 6.07) is 7.98. The molecule has 0 unspecified atom stereocenters. The SMILES string of the molecule is Cc1noc(C)c1-c1cnc2c(-c3ccc4c(c3)COC4=O)cn(CC3CCC(C)(F)CC3)c2c1. The lowest BCUT2D eigenvalue weighted by Crippen LogP contribution is -2.27. The number of rotatable bonds is 4. The van der Waals surface area contributed by atoms with Gasteiger partial charge in [-0.05, 0) is 76.1 Å². The molecule has 1 fully saturated rings. The molecule has 1 aliphatic heterocycles. The van der Waals surface area contributed by atoms with Crippen LogP contribution in [0.15, 0.2) is 41.2 Å². The third kappa shape index (κ3) is 3.83. The molecule has 1 saturated carbocycles. The van der Waals surface area contributed by atoms with E-state index in [0.29, 0.717) is 30.9 Å². The molecule has 0 saturated heterocycles. The number of ether oxygens (including phenoxy) is 1. The van der Waals surface area contributed by atoms with Crippen molar-refractivity contribution >= 4 is 17.0 Å². The summed E-state index contributed by atoms with van der Waals surface area (Å²) in [5.41, 5.74) is 7.18.